The zero-order valence-corrected chi connectivity index (χ0v) is 18.6. The third-order valence-electron chi connectivity index (χ3n) is 6.03. The van der Waals surface area contributed by atoms with E-state index < -0.39 is 16.1 Å². The van der Waals surface area contributed by atoms with Crippen LogP contribution in [-0.2, 0) is 19.8 Å². The number of benzene rings is 2. The van der Waals surface area contributed by atoms with Gasteiger partial charge in [0.1, 0.15) is 0 Å². The van der Waals surface area contributed by atoms with Gasteiger partial charge in [0.05, 0.1) is 23.8 Å². The van der Waals surface area contributed by atoms with Crippen LogP contribution in [-0.4, -0.2) is 46.9 Å². The summed E-state index contributed by atoms with van der Waals surface area (Å²) in [6.45, 7) is 4.61. The predicted octanol–water partition coefficient (Wildman–Crippen LogP) is 1.97. The van der Waals surface area contributed by atoms with E-state index in [0.717, 1.165) is 16.8 Å². The number of anilines is 3. The minimum Gasteiger partial charge on any atom is -0.354 e. The molecule has 1 atom stereocenters. The van der Waals surface area contributed by atoms with Crippen LogP contribution < -0.4 is 18.8 Å². The zero-order valence-electron chi connectivity index (χ0n) is 17.8. The first-order chi connectivity index (χ1) is 14.7. The number of amides is 2. The summed E-state index contributed by atoms with van der Waals surface area (Å²) in [6, 6.07) is 12.9. The molecule has 1 fully saturated rings. The molecule has 0 bridgehead atoms. The van der Waals surface area contributed by atoms with E-state index >= 15 is 0 Å². The highest BCUT2D eigenvalue weighted by Gasteiger charge is 2.38. The number of nitrogens with zero attached hydrogens (tertiary/aromatic N) is 3. The zero-order chi connectivity index (χ0) is 22.3. The molecule has 9 heteroatoms. The monoisotopic (exact) mass is 442 g/mol. The number of hydrogen-bond donors (Lipinski definition) is 1. The van der Waals surface area contributed by atoms with Gasteiger partial charge >= 0.3 is 10.2 Å². The Morgan fingerprint density at radius 2 is 1.81 bits per heavy atom. The summed E-state index contributed by atoms with van der Waals surface area (Å²) >= 11 is 0. The molecule has 0 spiro atoms. The molecule has 2 aliphatic rings. The average Bonchev–Trinajstić information content (AvgIpc) is 3.21. The van der Waals surface area contributed by atoms with Crippen LogP contribution in [0.3, 0.4) is 0 Å². The lowest BCUT2D eigenvalue weighted by atomic mass is 10.1. The van der Waals surface area contributed by atoms with Crippen molar-refractivity contribution in [3.8, 4) is 0 Å². The summed E-state index contributed by atoms with van der Waals surface area (Å²) in [6.07, 6.45) is 0.145. The molecule has 31 heavy (non-hydrogen) atoms. The van der Waals surface area contributed by atoms with Gasteiger partial charge in [-0.2, -0.15) is 8.42 Å². The SMILES string of the molecule is Cc1ccc(N2CC(C(=O)NCCN3c4ccccc4N(C)S3(=O)=O)CC2=O)cc1C. The Kier molecular flexibility index (Phi) is 5.38. The van der Waals surface area contributed by atoms with E-state index in [-0.39, 0.29) is 31.3 Å². The van der Waals surface area contributed by atoms with Crippen molar-refractivity contribution in [1.29, 1.82) is 0 Å². The Morgan fingerprint density at radius 3 is 2.52 bits per heavy atom. The molecule has 1 saturated heterocycles. The van der Waals surface area contributed by atoms with Gasteiger partial charge in [0.25, 0.3) is 0 Å². The maximum absolute atomic E-state index is 12.7. The Labute approximate surface area is 182 Å². The topological polar surface area (TPSA) is 90.0 Å². The summed E-state index contributed by atoms with van der Waals surface area (Å²) in [5, 5.41) is 2.81. The van der Waals surface area contributed by atoms with Gasteiger partial charge < -0.3 is 10.2 Å². The van der Waals surface area contributed by atoms with Crippen LogP contribution in [0.15, 0.2) is 42.5 Å². The smallest absolute Gasteiger partial charge is 0.326 e. The van der Waals surface area contributed by atoms with E-state index in [2.05, 4.69) is 5.32 Å². The Balaban J connectivity index is 1.38. The summed E-state index contributed by atoms with van der Waals surface area (Å²) in [7, 11) is -2.14. The van der Waals surface area contributed by atoms with Gasteiger partial charge in [0.15, 0.2) is 0 Å². The number of hydrogen-bond acceptors (Lipinski definition) is 4. The average molecular weight is 443 g/mol. The van der Waals surface area contributed by atoms with Gasteiger partial charge in [0.2, 0.25) is 11.8 Å². The molecule has 164 valence electrons. The largest absolute Gasteiger partial charge is 0.354 e. The minimum atomic E-state index is -3.65. The summed E-state index contributed by atoms with van der Waals surface area (Å²) in [4.78, 5) is 26.8. The van der Waals surface area contributed by atoms with Crippen LogP contribution in [0, 0.1) is 19.8 Å². The molecular weight excluding hydrogens is 416 g/mol. The van der Waals surface area contributed by atoms with E-state index in [1.807, 2.05) is 32.0 Å². The predicted molar refractivity (Wildman–Crippen MR) is 120 cm³/mol. The third kappa shape index (κ3) is 3.74. The lowest BCUT2D eigenvalue weighted by Gasteiger charge is -2.20. The molecule has 2 heterocycles. The Bertz CT molecular complexity index is 1150. The molecule has 8 nitrogen and oxygen atoms in total. The van der Waals surface area contributed by atoms with E-state index in [0.29, 0.717) is 17.9 Å². The van der Waals surface area contributed by atoms with Gasteiger partial charge in [0, 0.05) is 32.2 Å². The Hall–Kier alpha value is -3.07. The van der Waals surface area contributed by atoms with Crippen molar-refractivity contribution in [1.82, 2.24) is 5.32 Å². The van der Waals surface area contributed by atoms with Gasteiger partial charge in [-0.05, 0) is 49.2 Å². The lowest BCUT2D eigenvalue weighted by molar-refractivity contribution is -0.126. The molecule has 1 N–H and O–H groups in total. The fourth-order valence-electron chi connectivity index (χ4n) is 4.02. The highest BCUT2D eigenvalue weighted by molar-refractivity contribution is 7.94. The van der Waals surface area contributed by atoms with Crippen molar-refractivity contribution in [2.24, 2.45) is 5.92 Å². The number of para-hydroxylation sites is 2. The van der Waals surface area contributed by atoms with Crippen LogP contribution in [0.5, 0.6) is 0 Å². The number of aryl methyl sites for hydroxylation is 2. The van der Waals surface area contributed by atoms with E-state index in [9.17, 15) is 18.0 Å². The van der Waals surface area contributed by atoms with Crippen molar-refractivity contribution >= 4 is 39.1 Å². The highest BCUT2D eigenvalue weighted by atomic mass is 32.2. The lowest BCUT2D eigenvalue weighted by Crippen LogP contribution is -2.42. The normalized spacial score (nSPS) is 19.6. The van der Waals surface area contributed by atoms with Gasteiger partial charge in [-0.1, -0.05) is 18.2 Å². The number of rotatable bonds is 5. The van der Waals surface area contributed by atoms with E-state index in [1.54, 1.807) is 29.2 Å². The standard InChI is InChI=1S/C22H26N4O4S/c1-15-8-9-18(12-16(15)2)25-14-17(13-21(25)27)22(28)23-10-11-26-20-7-5-4-6-19(20)24(3)31(26,29)30/h4-9,12,17H,10-11,13-14H2,1-3H3,(H,23,28). The van der Waals surface area contributed by atoms with Crippen LogP contribution >= 0.6 is 0 Å². The van der Waals surface area contributed by atoms with E-state index in [4.69, 9.17) is 0 Å². The molecule has 1 unspecified atom stereocenters. The summed E-state index contributed by atoms with van der Waals surface area (Å²) in [5.41, 5.74) is 4.24. The molecule has 2 aromatic carbocycles. The molecule has 2 aliphatic heterocycles. The van der Waals surface area contributed by atoms with Crippen molar-refractivity contribution in [2.75, 3.05) is 40.2 Å². The molecule has 0 aliphatic carbocycles. The third-order valence-corrected chi connectivity index (χ3v) is 7.85. The quantitative estimate of drug-likeness (QED) is 0.767. The van der Waals surface area contributed by atoms with Crippen LogP contribution in [0.2, 0.25) is 0 Å². The van der Waals surface area contributed by atoms with Gasteiger partial charge in [-0.25, -0.2) is 4.31 Å². The van der Waals surface area contributed by atoms with Crippen molar-refractivity contribution in [2.45, 2.75) is 20.3 Å². The molecule has 0 radical (unpaired) electrons. The molecule has 4 rings (SSSR count). The molecule has 2 amide bonds. The second-order valence-corrected chi connectivity index (χ2v) is 9.89. The first-order valence-electron chi connectivity index (χ1n) is 10.2. The van der Waals surface area contributed by atoms with E-state index in [1.165, 1.54) is 15.7 Å². The second-order valence-electron chi connectivity index (χ2n) is 8.00. The van der Waals surface area contributed by atoms with Gasteiger partial charge in [-0.15, -0.1) is 0 Å². The van der Waals surface area contributed by atoms with Crippen LogP contribution in [0.4, 0.5) is 17.1 Å². The molecular formula is C22H26N4O4S. The maximum atomic E-state index is 12.7. The highest BCUT2D eigenvalue weighted by Crippen LogP contribution is 2.39. The van der Waals surface area contributed by atoms with Crippen LogP contribution in [0.25, 0.3) is 0 Å². The second kappa shape index (κ2) is 7.88. The fraction of sp³-hybridized carbons (Fsp3) is 0.364. The van der Waals surface area contributed by atoms with Crippen molar-refractivity contribution in [3.05, 3.63) is 53.6 Å². The van der Waals surface area contributed by atoms with Gasteiger partial charge in [-0.3, -0.25) is 13.9 Å². The maximum Gasteiger partial charge on any atom is 0.326 e. The van der Waals surface area contributed by atoms with Crippen molar-refractivity contribution in [3.63, 3.8) is 0 Å². The molecule has 0 saturated carbocycles. The minimum absolute atomic E-state index is 0.0823. The number of carbonyl (C=O) groups is 2. The molecule has 0 aromatic heterocycles. The van der Waals surface area contributed by atoms with Crippen LogP contribution in [0.1, 0.15) is 17.5 Å². The Morgan fingerprint density at radius 1 is 1.10 bits per heavy atom. The first-order valence-corrected chi connectivity index (χ1v) is 11.6. The van der Waals surface area contributed by atoms with Crippen molar-refractivity contribution < 1.29 is 18.0 Å². The summed E-state index contributed by atoms with van der Waals surface area (Å²) < 4.78 is 27.9. The molecule has 2 aromatic rings. The fourth-order valence-corrected chi connectivity index (χ4v) is 5.45. The number of nitrogens with one attached hydrogen (secondary N) is 1. The number of carbonyl (C=O) groups excluding carboxylic acids is 2. The first kappa shape index (κ1) is 21.2. The number of fused-ring (bicyclic) bond motifs is 1. The summed E-state index contributed by atoms with van der Waals surface area (Å²) in [5.74, 6) is -0.779.